The van der Waals surface area contributed by atoms with Gasteiger partial charge in [0, 0.05) is 11.8 Å². The zero-order chi connectivity index (χ0) is 14.1. The standard InChI is InChI=1S/C15H13N3O2/c1-10-4-3-5-11(8-10)14-17-16-13-7-6-12(9-18(13)14)15(19)20-2/h3-9H,1-2H3. The molecule has 5 heteroatoms. The molecule has 0 amide bonds. The highest BCUT2D eigenvalue weighted by Gasteiger charge is 2.11. The number of methoxy groups -OCH3 is 1. The maximum absolute atomic E-state index is 11.6. The van der Waals surface area contributed by atoms with Crippen LogP contribution >= 0.6 is 0 Å². The smallest absolute Gasteiger partial charge is 0.339 e. The topological polar surface area (TPSA) is 56.5 Å². The van der Waals surface area contributed by atoms with E-state index in [4.69, 9.17) is 4.74 Å². The lowest BCUT2D eigenvalue weighted by Gasteiger charge is -2.03. The average Bonchev–Trinajstić information content (AvgIpc) is 2.89. The van der Waals surface area contributed by atoms with Gasteiger partial charge in [-0.2, -0.15) is 0 Å². The highest BCUT2D eigenvalue weighted by molar-refractivity contribution is 5.89. The number of hydrogen-bond acceptors (Lipinski definition) is 4. The number of hydrogen-bond donors (Lipinski definition) is 0. The second-order valence-corrected chi connectivity index (χ2v) is 4.53. The lowest BCUT2D eigenvalue weighted by molar-refractivity contribution is 0.0600. The molecule has 0 aliphatic rings. The van der Waals surface area contributed by atoms with Crippen LogP contribution in [-0.4, -0.2) is 27.7 Å². The molecule has 0 bridgehead atoms. The summed E-state index contributed by atoms with van der Waals surface area (Å²) in [5, 5.41) is 8.31. The van der Waals surface area contributed by atoms with Gasteiger partial charge < -0.3 is 4.74 Å². The Balaban J connectivity index is 2.19. The molecular formula is C15H13N3O2. The minimum atomic E-state index is -0.379. The van der Waals surface area contributed by atoms with E-state index in [1.54, 1.807) is 22.7 Å². The summed E-state index contributed by atoms with van der Waals surface area (Å²) in [4.78, 5) is 11.6. The molecular weight excluding hydrogens is 254 g/mol. The molecule has 0 aliphatic carbocycles. The number of aromatic nitrogens is 3. The Morgan fingerprint density at radius 3 is 2.80 bits per heavy atom. The van der Waals surface area contributed by atoms with Crippen LogP contribution < -0.4 is 0 Å². The Labute approximate surface area is 115 Å². The number of carbonyl (C=O) groups excluding carboxylic acids is 1. The normalized spacial score (nSPS) is 10.7. The van der Waals surface area contributed by atoms with Crippen LogP contribution in [0, 0.1) is 6.92 Å². The largest absolute Gasteiger partial charge is 0.465 e. The first-order valence-corrected chi connectivity index (χ1v) is 6.19. The minimum absolute atomic E-state index is 0.379. The maximum Gasteiger partial charge on any atom is 0.339 e. The van der Waals surface area contributed by atoms with Gasteiger partial charge in [0.2, 0.25) is 0 Å². The Hall–Kier alpha value is -2.69. The summed E-state index contributed by atoms with van der Waals surface area (Å²) in [7, 11) is 1.36. The molecule has 0 unspecified atom stereocenters. The third kappa shape index (κ3) is 2.03. The van der Waals surface area contributed by atoms with Crippen LogP contribution in [0.25, 0.3) is 17.0 Å². The Morgan fingerprint density at radius 2 is 2.05 bits per heavy atom. The summed E-state index contributed by atoms with van der Waals surface area (Å²) in [5.41, 5.74) is 3.26. The molecule has 100 valence electrons. The van der Waals surface area contributed by atoms with Gasteiger partial charge in [0.1, 0.15) is 0 Å². The maximum atomic E-state index is 11.6. The van der Waals surface area contributed by atoms with Gasteiger partial charge in [-0.05, 0) is 25.1 Å². The first-order chi connectivity index (χ1) is 9.69. The fourth-order valence-corrected chi connectivity index (χ4v) is 2.11. The van der Waals surface area contributed by atoms with Gasteiger partial charge in [-0.1, -0.05) is 23.8 Å². The first-order valence-electron chi connectivity index (χ1n) is 6.19. The van der Waals surface area contributed by atoms with Crippen LogP contribution in [0.3, 0.4) is 0 Å². The zero-order valence-corrected chi connectivity index (χ0v) is 11.2. The van der Waals surface area contributed by atoms with Crippen LogP contribution in [0.4, 0.5) is 0 Å². The van der Waals surface area contributed by atoms with Crippen molar-refractivity contribution in [1.29, 1.82) is 0 Å². The summed E-state index contributed by atoms with van der Waals surface area (Å²) in [5.74, 6) is 0.324. The van der Waals surface area contributed by atoms with Crippen LogP contribution in [-0.2, 0) is 4.74 Å². The van der Waals surface area contributed by atoms with Gasteiger partial charge in [0.25, 0.3) is 0 Å². The number of nitrogens with zero attached hydrogens (tertiary/aromatic N) is 3. The van der Waals surface area contributed by atoms with Crippen molar-refractivity contribution in [2.24, 2.45) is 0 Å². The predicted octanol–water partition coefficient (Wildman–Crippen LogP) is 2.49. The molecule has 2 aromatic heterocycles. The van der Waals surface area contributed by atoms with Gasteiger partial charge in [-0.15, -0.1) is 10.2 Å². The monoisotopic (exact) mass is 267 g/mol. The van der Waals surface area contributed by atoms with E-state index in [0.717, 1.165) is 11.1 Å². The van der Waals surface area contributed by atoms with E-state index >= 15 is 0 Å². The molecule has 0 aliphatic heterocycles. The van der Waals surface area contributed by atoms with Crippen LogP contribution in [0.15, 0.2) is 42.6 Å². The second kappa shape index (κ2) is 4.77. The van der Waals surface area contributed by atoms with Crippen molar-refractivity contribution in [2.75, 3.05) is 7.11 Å². The second-order valence-electron chi connectivity index (χ2n) is 4.53. The molecule has 3 rings (SSSR count). The van der Waals surface area contributed by atoms with Crippen LogP contribution in [0.2, 0.25) is 0 Å². The Bertz CT molecular complexity index is 793. The van der Waals surface area contributed by atoms with Gasteiger partial charge in [0.05, 0.1) is 12.7 Å². The summed E-state index contributed by atoms with van der Waals surface area (Å²) in [6.07, 6.45) is 1.69. The quantitative estimate of drug-likeness (QED) is 0.669. The van der Waals surface area contributed by atoms with E-state index in [2.05, 4.69) is 10.2 Å². The van der Waals surface area contributed by atoms with Crippen molar-refractivity contribution in [2.45, 2.75) is 6.92 Å². The number of fused-ring (bicyclic) bond motifs is 1. The molecule has 0 radical (unpaired) electrons. The predicted molar refractivity (Wildman–Crippen MR) is 74.5 cm³/mol. The lowest BCUT2D eigenvalue weighted by Crippen LogP contribution is -2.03. The Morgan fingerprint density at radius 1 is 1.20 bits per heavy atom. The molecule has 2 heterocycles. The number of carbonyl (C=O) groups is 1. The van der Waals surface area contributed by atoms with Crippen LogP contribution in [0.5, 0.6) is 0 Å². The SMILES string of the molecule is COC(=O)c1ccc2nnc(-c3cccc(C)c3)n2c1. The highest BCUT2D eigenvalue weighted by atomic mass is 16.5. The number of ether oxygens (including phenoxy) is 1. The van der Waals surface area contributed by atoms with Crippen molar-refractivity contribution < 1.29 is 9.53 Å². The van der Waals surface area contributed by atoms with Crippen molar-refractivity contribution in [1.82, 2.24) is 14.6 Å². The van der Waals surface area contributed by atoms with Gasteiger partial charge >= 0.3 is 5.97 Å². The fraction of sp³-hybridized carbons (Fsp3) is 0.133. The number of benzene rings is 1. The molecule has 0 spiro atoms. The molecule has 1 aromatic carbocycles. The number of pyridine rings is 1. The lowest BCUT2D eigenvalue weighted by atomic mass is 10.1. The molecule has 0 saturated heterocycles. The third-order valence-corrected chi connectivity index (χ3v) is 3.10. The van der Waals surface area contributed by atoms with Crippen molar-refractivity contribution in [3.05, 3.63) is 53.7 Å². The average molecular weight is 267 g/mol. The molecule has 0 fully saturated rings. The minimum Gasteiger partial charge on any atom is -0.465 e. The van der Waals surface area contributed by atoms with Crippen molar-refractivity contribution in [3.63, 3.8) is 0 Å². The summed E-state index contributed by atoms with van der Waals surface area (Å²) < 4.78 is 6.53. The molecule has 0 saturated carbocycles. The van der Waals surface area contributed by atoms with E-state index in [-0.39, 0.29) is 5.97 Å². The summed E-state index contributed by atoms with van der Waals surface area (Å²) in [6.45, 7) is 2.02. The molecule has 3 aromatic rings. The molecule has 20 heavy (non-hydrogen) atoms. The van der Waals surface area contributed by atoms with Gasteiger partial charge in [-0.3, -0.25) is 4.40 Å². The number of rotatable bonds is 2. The summed E-state index contributed by atoms with van der Waals surface area (Å²) in [6, 6.07) is 11.4. The number of aryl methyl sites for hydroxylation is 1. The van der Waals surface area contributed by atoms with Gasteiger partial charge in [-0.25, -0.2) is 4.79 Å². The molecule has 0 N–H and O–H groups in total. The fourth-order valence-electron chi connectivity index (χ4n) is 2.11. The van der Waals surface area contributed by atoms with E-state index in [1.807, 2.05) is 31.2 Å². The van der Waals surface area contributed by atoms with Crippen molar-refractivity contribution >= 4 is 11.6 Å². The van der Waals surface area contributed by atoms with Gasteiger partial charge in [0.15, 0.2) is 11.5 Å². The first kappa shape index (κ1) is 12.3. The van der Waals surface area contributed by atoms with E-state index in [9.17, 15) is 4.79 Å². The van der Waals surface area contributed by atoms with E-state index < -0.39 is 0 Å². The van der Waals surface area contributed by atoms with E-state index in [1.165, 1.54) is 7.11 Å². The summed E-state index contributed by atoms with van der Waals surface area (Å²) >= 11 is 0. The Kier molecular flexibility index (Phi) is 2.95. The third-order valence-electron chi connectivity index (χ3n) is 3.10. The van der Waals surface area contributed by atoms with Crippen molar-refractivity contribution in [3.8, 4) is 11.4 Å². The zero-order valence-electron chi connectivity index (χ0n) is 11.2. The molecule has 0 atom stereocenters. The number of esters is 1. The van der Waals surface area contributed by atoms with E-state index in [0.29, 0.717) is 17.0 Å². The molecule has 5 nitrogen and oxygen atoms in total. The highest BCUT2D eigenvalue weighted by Crippen LogP contribution is 2.20. The van der Waals surface area contributed by atoms with Crippen LogP contribution in [0.1, 0.15) is 15.9 Å².